The molecule has 1 aliphatic rings. The predicted octanol–water partition coefficient (Wildman–Crippen LogP) is 3.33. The fraction of sp³-hybridized carbons (Fsp3) is 0.250. The molecule has 0 aromatic heterocycles. The third-order valence-corrected chi connectivity index (χ3v) is 5.00. The number of carbonyl (C=O) groups is 2. The fourth-order valence-corrected chi connectivity index (χ4v) is 3.45. The first-order valence-corrected chi connectivity index (χ1v) is 9.77. The molecule has 0 radical (unpaired) electrons. The average Bonchev–Trinajstić information content (AvgIpc) is 3.06. The van der Waals surface area contributed by atoms with E-state index in [0.717, 1.165) is 0 Å². The lowest BCUT2D eigenvalue weighted by molar-refractivity contribution is -0.140. The third kappa shape index (κ3) is 4.62. The van der Waals surface area contributed by atoms with Crippen LogP contribution < -0.4 is 9.47 Å². The molecular formula is C24H25NO6. The number of Topliss-reactive ketones (excluding diaryl/α,β-unsaturated/α-hetero) is 1. The second-order valence-electron chi connectivity index (χ2n) is 6.88. The number of aliphatic hydroxyl groups excluding tert-OH is 1. The highest BCUT2D eigenvalue weighted by Gasteiger charge is 2.45. The van der Waals surface area contributed by atoms with Crippen molar-refractivity contribution in [3.63, 3.8) is 0 Å². The van der Waals surface area contributed by atoms with Gasteiger partial charge in [0.05, 0.1) is 25.3 Å². The quantitative estimate of drug-likeness (QED) is 0.288. The van der Waals surface area contributed by atoms with Crippen LogP contribution in [0, 0.1) is 0 Å². The van der Waals surface area contributed by atoms with Crippen LogP contribution in [0.1, 0.15) is 17.2 Å². The van der Waals surface area contributed by atoms with Crippen molar-refractivity contribution >= 4 is 17.4 Å². The number of likely N-dealkylation sites (tertiary alicyclic amines) is 1. The summed E-state index contributed by atoms with van der Waals surface area (Å²) in [6.07, 6.45) is 1.64. The Labute approximate surface area is 181 Å². The van der Waals surface area contributed by atoms with Crippen LogP contribution in [0.4, 0.5) is 0 Å². The molecule has 162 valence electrons. The molecule has 2 aromatic rings. The molecule has 1 atom stereocenters. The van der Waals surface area contributed by atoms with Gasteiger partial charge in [-0.2, -0.15) is 0 Å². The number of rotatable bonds is 9. The van der Waals surface area contributed by atoms with E-state index in [9.17, 15) is 14.7 Å². The van der Waals surface area contributed by atoms with Gasteiger partial charge in [0.25, 0.3) is 11.7 Å². The highest BCUT2D eigenvalue weighted by molar-refractivity contribution is 6.46. The number of hydrogen-bond acceptors (Lipinski definition) is 6. The number of ketones is 1. The topological polar surface area (TPSA) is 85.3 Å². The molecule has 0 saturated carbocycles. The van der Waals surface area contributed by atoms with Crippen molar-refractivity contribution in [3.05, 3.63) is 77.9 Å². The van der Waals surface area contributed by atoms with E-state index < -0.39 is 17.7 Å². The van der Waals surface area contributed by atoms with Gasteiger partial charge in [-0.3, -0.25) is 9.59 Å². The van der Waals surface area contributed by atoms with E-state index in [0.29, 0.717) is 29.2 Å². The minimum absolute atomic E-state index is 0.0334. The fourth-order valence-electron chi connectivity index (χ4n) is 3.45. The monoisotopic (exact) mass is 423 g/mol. The average molecular weight is 423 g/mol. The molecule has 1 amide bonds. The summed E-state index contributed by atoms with van der Waals surface area (Å²) < 4.78 is 15.8. The zero-order chi connectivity index (χ0) is 22.4. The van der Waals surface area contributed by atoms with Gasteiger partial charge in [-0.15, -0.1) is 0 Å². The Kier molecular flexibility index (Phi) is 7.10. The molecule has 31 heavy (non-hydrogen) atoms. The first-order chi connectivity index (χ1) is 15.0. The van der Waals surface area contributed by atoms with E-state index >= 15 is 0 Å². The molecule has 1 fully saturated rings. The van der Waals surface area contributed by atoms with E-state index in [-0.39, 0.29) is 24.5 Å². The summed E-state index contributed by atoms with van der Waals surface area (Å²) in [6, 6.07) is 12.9. The van der Waals surface area contributed by atoms with Crippen LogP contribution in [-0.2, 0) is 14.3 Å². The van der Waals surface area contributed by atoms with Crippen molar-refractivity contribution in [2.24, 2.45) is 0 Å². The molecule has 1 aliphatic heterocycles. The molecule has 1 unspecified atom stereocenters. The Balaban J connectivity index is 2.06. The molecule has 1 N–H and O–H groups in total. The summed E-state index contributed by atoms with van der Waals surface area (Å²) in [5.74, 6) is -0.403. The van der Waals surface area contributed by atoms with Crippen molar-refractivity contribution in [1.82, 2.24) is 4.90 Å². The van der Waals surface area contributed by atoms with Crippen molar-refractivity contribution in [3.8, 4) is 11.5 Å². The Morgan fingerprint density at radius 3 is 2.29 bits per heavy atom. The number of benzene rings is 2. The maximum absolute atomic E-state index is 12.9. The number of nitrogens with zero attached hydrogens (tertiary/aromatic N) is 1. The first-order valence-electron chi connectivity index (χ1n) is 9.77. The second-order valence-corrected chi connectivity index (χ2v) is 6.88. The van der Waals surface area contributed by atoms with Gasteiger partial charge in [-0.1, -0.05) is 24.8 Å². The van der Waals surface area contributed by atoms with Gasteiger partial charge in [-0.05, 0) is 42.0 Å². The second kappa shape index (κ2) is 9.95. The van der Waals surface area contributed by atoms with Gasteiger partial charge >= 0.3 is 0 Å². The van der Waals surface area contributed by atoms with Gasteiger partial charge < -0.3 is 24.2 Å². The standard InChI is InChI=1S/C24H25NO6/c1-4-14-31-19-11-5-16(6-12-19)21-20(23(27)24(28)25(21)13-15-29-2)22(26)17-7-9-18(30-3)10-8-17/h4-12,21,26H,1,13-15H2,2-3H3. The molecule has 0 aliphatic carbocycles. The Morgan fingerprint density at radius 2 is 1.71 bits per heavy atom. The van der Waals surface area contributed by atoms with Crippen LogP contribution in [0.3, 0.4) is 0 Å². The van der Waals surface area contributed by atoms with Crippen LogP contribution in [0.5, 0.6) is 11.5 Å². The van der Waals surface area contributed by atoms with Crippen LogP contribution in [0.2, 0.25) is 0 Å². The molecular weight excluding hydrogens is 398 g/mol. The van der Waals surface area contributed by atoms with Crippen LogP contribution in [0.15, 0.2) is 66.8 Å². The highest BCUT2D eigenvalue weighted by atomic mass is 16.5. The smallest absolute Gasteiger partial charge is 0.295 e. The third-order valence-electron chi connectivity index (χ3n) is 5.00. The zero-order valence-corrected chi connectivity index (χ0v) is 17.5. The molecule has 0 spiro atoms. The van der Waals surface area contributed by atoms with Crippen molar-refractivity contribution < 1.29 is 28.9 Å². The van der Waals surface area contributed by atoms with Crippen molar-refractivity contribution in [1.29, 1.82) is 0 Å². The molecule has 3 rings (SSSR count). The number of hydrogen-bond donors (Lipinski definition) is 1. The first kappa shape index (κ1) is 22.1. The van der Waals surface area contributed by atoms with E-state index in [1.807, 2.05) is 0 Å². The summed E-state index contributed by atoms with van der Waals surface area (Å²) >= 11 is 0. The van der Waals surface area contributed by atoms with E-state index in [2.05, 4.69) is 6.58 Å². The highest BCUT2D eigenvalue weighted by Crippen LogP contribution is 2.39. The number of aliphatic hydroxyl groups is 1. The van der Waals surface area contributed by atoms with Crippen molar-refractivity contribution in [2.45, 2.75) is 6.04 Å². The van der Waals surface area contributed by atoms with Gasteiger partial charge in [0.15, 0.2) is 0 Å². The number of carbonyl (C=O) groups excluding carboxylic acids is 2. The minimum Gasteiger partial charge on any atom is -0.507 e. The Bertz CT molecular complexity index is 978. The van der Waals surface area contributed by atoms with Crippen LogP contribution >= 0.6 is 0 Å². The summed E-state index contributed by atoms with van der Waals surface area (Å²) in [7, 11) is 3.06. The van der Waals surface area contributed by atoms with E-state index in [1.165, 1.54) is 12.0 Å². The summed E-state index contributed by atoms with van der Waals surface area (Å²) in [5, 5.41) is 11.0. The molecule has 0 bridgehead atoms. The molecule has 7 nitrogen and oxygen atoms in total. The molecule has 7 heteroatoms. The van der Waals surface area contributed by atoms with Crippen molar-refractivity contribution in [2.75, 3.05) is 34.0 Å². The SMILES string of the molecule is C=CCOc1ccc(C2C(=C(O)c3ccc(OC)cc3)C(=O)C(=O)N2CCOC)cc1. The predicted molar refractivity (Wildman–Crippen MR) is 116 cm³/mol. The largest absolute Gasteiger partial charge is 0.507 e. The van der Waals surface area contributed by atoms with Gasteiger partial charge in [0.2, 0.25) is 0 Å². The van der Waals surface area contributed by atoms with E-state index in [4.69, 9.17) is 14.2 Å². The maximum Gasteiger partial charge on any atom is 0.295 e. The van der Waals surface area contributed by atoms with Gasteiger partial charge in [0, 0.05) is 19.2 Å². The maximum atomic E-state index is 12.9. The summed E-state index contributed by atoms with van der Waals surface area (Å²) in [5.41, 5.74) is 1.13. The zero-order valence-electron chi connectivity index (χ0n) is 17.5. The molecule has 1 saturated heterocycles. The molecule has 2 aromatic carbocycles. The summed E-state index contributed by atoms with van der Waals surface area (Å²) in [4.78, 5) is 27.1. The Morgan fingerprint density at radius 1 is 1.06 bits per heavy atom. The molecule has 1 heterocycles. The van der Waals surface area contributed by atoms with E-state index in [1.54, 1.807) is 61.7 Å². The normalized spacial score (nSPS) is 17.6. The van der Waals surface area contributed by atoms with Crippen LogP contribution in [-0.4, -0.2) is 55.7 Å². The van der Waals surface area contributed by atoms with Gasteiger partial charge in [0.1, 0.15) is 23.9 Å². The number of ether oxygens (including phenoxy) is 3. The number of amides is 1. The Hall–Kier alpha value is -3.58. The summed E-state index contributed by atoms with van der Waals surface area (Å²) in [6.45, 7) is 4.45. The van der Waals surface area contributed by atoms with Crippen LogP contribution in [0.25, 0.3) is 5.76 Å². The minimum atomic E-state index is -0.745. The lowest BCUT2D eigenvalue weighted by Crippen LogP contribution is -2.32. The number of methoxy groups -OCH3 is 2. The van der Waals surface area contributed by atoms with Gasteiger partial charge in [-0.25, -0.2) is 0 Å². The lowest BCUT2D eigenvalue weighted by atomic mass is 9.95. The lowest BCUT2D eigenvalue weighted by Gasteiger charge is -2.25.